The molecule has 0 radical (unpaired) electrons. The van der Waals surface area contributed by atoms with Gasteiger partial charge >= 0.3 is 0 Å². The minimum Gasteiger partial charge on any atom is -0.494 e. The molecule has 0 bridgehead atoms. The molecule has 2 heterocycles. The first-order valence-corrected chi connectivity index (χ1v) is 10.6. The van der Waals surface area contributed by atoms with E-state index in [1.54, 1.807) is 24.5 Å². The summed E-state index contributed by atoms with van der Waals surface area (Å²) in [5, 5.41) is 2.74. The Bertz CT molecular complexity index is 1110. The number of pyridine rings is 1. The van der Waals surface area contributed by atoms with E-state index in [4.69, 9.17) is 4.74 Å². The number of piperazine rings is 1. The summed E-state index contributed by atoms with van der Waals surface area (Å²) in [7, 11) is 3.60. The van der Waals surface area contributed by atoms with Crippen LogP contribution in [0, 0.1) is 12.7 Å². The number of hydrogen-bond acceptors (Lipinski definition) is 5. The van der Waals surface area contributed by atoms with Crippen LogP contribution in [0.15, 0.2) is 54.9 Å². The lowest BCUT2D eigenvalue weighted by atomic mass is 9.99. The summed E-state index contributed by atoms with van der Waals surface area (Å²) in [5.41, 5.74) is 4.40. The first kappa shape index (κ1) is 21.8. The number of amides is 1. The molecule has 1 N–H and O–H groups in total. The molecule has 0 aliphatic carbocycles. The highest BCUT2D eigenvalue weighted by atomic mass is 19.1. The number of rotatable bonds is 5. The van der Waals surface area contributed by atoms with Crippen LogP contribution in [0.4, 0.5) is 15.8 Å². The van der Waals surface area contributed by atoms with E-state index in [0.29, 0.717) is 11.3 Å². The molecule has 7 heteroatoms. The molecule has 1 fully saturated rings. The van der Waals surface area contributed by atoms with Gasteiger partial charge in [0.15, 0.2) is 5.82 Å². The van der Waals surface area contributed by atoms with Gasteiger partial charge in [0.2, 0.25) is 0 Å². The zero-order valence-electron chi connectivity index (χ0n) is 18.6. The zero-order valence-corrected chi connectivity index (χ0v) is 18.6. The fourth-order valence-electron chi connectivity index (χ4n) is 3.95. The fourth-order valence-corrected chi connectivity index (χ4v) is 3.95. The van der Waals surface area contributed by atoms with Gasteiger partial charge < -0.3 is 19.9 Å². The molecule has 0 saturated carbocycles. The molecule has 0 spiro atoms. The van der Waals surface area contributed by atoms with Gasteiger partial charge in [-0.25, -0.2) is 4.39 Å². The molecule has 6 nitrogen and oxygen atoms in total. The lowest BCUT2D eigenvalue weighted by molar-refractivity contribution is 0.102. The highest BCUT2D eigenvalue weighted by Gasteiger charge is 2.21. The van der Waals surface area contributed by atoms with Crippen LogP contribution in [0.1, 0.15) is 15.9 Å². The molecule has 4 rings (SSSR count). The average molecular weight is 435 g/mol. The summed E-state index contributed by atoms with van der Waals surface area (Å²) >= 11 is 0. The summed E-state index contributed by atoms with van der Waals surface area (Å²) in [6, 6.07) is 12.3. The van der Waals surface area contributed by atoms with Crippen molar-refractivity contribution in [1.29, 1.82) is 0 Å². The molecule has 3 aromatic rings. The van der Waals surface area contributed by atoms with E-state index in [1.807, 2.05) is 31.2 Å². The number of likely N-dealkylation sites (N-methyl/N-ethyl adjacent to an activating group) is 1. The van der Waals surface area contributed by atoms with E-state index >= 15 is 0 Å². The van der Waals surface area contributed by atoms with Crippen LogP contribution in [0.5, 0.6) is 5.75 Å². The van der Waals surface area contributed by atoms with Crippen molar-refractivity contribution in [2.75, 3.05) is 50.6 Å². The Balaban J connectivity index is 1.58. The number of benzene rings is 2. The second kappa shape index (κ2) is 9.36. The van der Waals surface area contributed by atoms with Crippen LogP contribution in [0.25, 0.3) is 11.1 Å². The number of carbonyl (C=O) groups excluding carboxylic acids is 1. The molecule has 1 aliphatic rings. The second-order valence-corrected chi connectivity index (χ2v) is 8.01. The van der Waals surface area contributed by atoms with Crippen molar-refractivity contribution in [2.45, 2.75) is 6.92 Å². The Morgan fingerprint density at radius 3 is 2.44 bits per heavy atom. The standard InChI is InChI=1S/C25H27FN4O2/c1-17-14-19(4-5-20(17)18-6-8-27-9-7-18)25(31)28-22-16-23(24(32-3)15-21(22)26)30-12-10-29(2)11-13-30/h4-9,14-16H,10-13H2,1-3H3,(H,28,31). The molecule has 1 aliphatic heterocycles. The predicted octanol–water partition coefficient (Wildman–Crippen LogP) is 4.21. The molecular weight excluding hydrogens is 407 g/mol. The quantitative estimate of drug-likeness (QED) is 0.652. The molecule has 1 saturated heterocycles. The minimum absolute atomic E-state index is 0.139. The van der Waals surface area contributed by atoms with Gasteiger partial charge in [-0.15, -0.1) is 0 Å². The number of methoxy groups -OCH3 is 1. The third-order valence-electron chi connectivity index (χ3n) is 5.84. The summed E-state index contributed by atoms with van der Waals surface area (Å²) in [6.45, 7) is 5.38. The Morgan fingerprint density at radius 2 is 1.78 bits per heavy atom. The van der Waals surface area contributed by atoms with E-state index in [0.717, 1.165) is 48.6 Å². The Morgan fingerprint density at radius 1 is 1.06 bits per heavy atom. The maximum Gasteiger partial charge on any atom is 0.255 e. The second-order valence-electron chi connectivity index (χ2n) is 8.01. The van der Waals surface area contributed by atoms with Crippen LogP contribution < -0.4 is 15.0 Å². The van der Waals surface area contributed by atoms with Crippen molar-refractivity contribution in [2.24, 2.45) is 0 Å². The Labute approximate surface area is 187 Å². The average Bonchev–Trinajstić information content (AvgIpc) is 2.81. The van der Waals surface area contributed by atoms with Gasteiger partial charge in [0.1, 0.15) is 5.75 Å². The maximum absolute atomic E-state index is 14.8. The van der Waals surface area contributed by atoms with Crippen molar-refractivity contribution < 1.29 is 13.9 Å². The summed E-state index contributed by atoms with van der Waals surface area (Å²) in [5.74, 6) is -0.427. The van der Waals surface area contributed by atoms with Gasteiger partial charge in [-0.2, -0.15) is 0 Å². The molecule has 2 aromatic carbocycles. The number of aromatic nitrogens is 1. The highest BCUT2D eigenvalue weighted by molar-refractivity contribution is 6.05. The Kier molecular flexibility index (Phi) is 6.37. The number of ether oxygens (including phenoxy) is 1. The third-order valence-corrected chi connectivity index (χ3v) is 5.84. The number of nitrogens with zero attached hydrogens (tertiary/aromatic N) is 3. The van der Waals surface area contributed by atoms with Crippen LogP contribution >= 0.6 is 0 Å². The van der Waals surface area contributed by atoms with E-state index in [9.17, 15) is 9.18 Å². The van der Waals surface area contributed by atoms with Crippen LogP contribution in [-0.4, -0.2) is 56.1 Å². The van der Waals surface area contributed by atoms with Crippen molar-refractivity contribution in [3.8, 4) is 16.9 Å². The number of carbonyl (C=O) groups is 1. The molecule has 0 atom stereocenters. The van der Waals surface area contributed by atoms with E-state index < -0.39 is 5.82 Å². The largest absolute Gasteiger partial charge is 0.494 e. The number of nitrogens with one attached hydrogen (secondary N) is 1. The summed E-state index contributed by atoms with van der Waals surface area (Å²) in [4.78, 5) is 21.4. The first-order chi connectivity index (χ1) is 15.5. The van der Waals surface area contributed by atoms with E-state index in [-0.39, 0.29) is 11.6 Å². The van der Waals surface area contributed by atoms with Gasteiger partial charge in [0, 0.05) is 50.2 Å². The SMILES string of the molecule is COc1cc(F)c(NC(=O)c2ccc(-c3ccncc3)c(C)c2)cc1N1CCN(C)CC1. The Hall–Kier alpha value is -3.45. The van der Waals surface area contributed by atoms with Gasteiger partial charge in [0.25, 0.3) is 5.91 Å². The van der Waals surface area contributed by atoms with Gasteiger partial charge in [-0.05, 0) is 61.0 Å². The van der Waals surface area contributed by atoms with Crippen molar-refractivity contribution in [3.05, 3.63) is 71.8 Å². The molecule has 32 heavy (non-hydrogen) atoms. The number of aryl methyl sites for hydroxylation is 1. The number of halogens is 1. The topological polar surface area (TPSA) is 57.7 Å². The van der Waals surface area contributed by atoms with Crippen LogP contribution in [0.2, 0.25) is 0 Å². The van der Waals surface area contributed by atoms with Gasteiger partial charge in [-0.1, -0.05) is 6.07 Å². The summed E-state index contributed by atoms with van der Waals surface area (Å²) < 4.78 is 20.2. The smallest absolute Gasteiger partial charge is 0.255 e. The third kappa shape index (κ3) is 4.57. The molecule has 0 unspecified atom stereocenters. The van der Waals surface area contributed by atoms with Crippen molar-refractivity contribution in [3.63, 3.8) is 0 Å². The van der Waals surface area contributed by atoms with Gasteiger partial charge in [0.05, 0.1) is 18.5 Å². The number of hydrogen-bond donors (Lipinski definition) is 1. The van der Waals surface area contributed by atoms with Gasteiger partial charge in [-0.3, -0.25) is 9.78 Å². The van der Waals surface area contributed by atoms with Crippen LogP contribution in [0.3, 0.4) is 0 Å². The molecule has 166 valence electrons. The predicted molar refractivity (Wildman–Crippen MR) is 125 cm³/mol. The first-order valence-electron chi connectivity index (χ1n) is 10.6. The molecule has 1 amide bonds. The monoisotopic (exact) mass is 434 g/mol. The summed E-state index contributed by atoms with van der Waals surface area (Å²) in [6.07, 6.45) is 3.47. The number of anilines is 2. The highest BCUT2D eigenvalue weighted by Crippen LogP contribution is 2.34. The molecular formula is C25H27FN4O2. The maximum atomic E-state index is 14.8. The zero-order chi connectivity index (χ0) is 22.7. The fraction of sp³-hybridized carbons (Fsp3) is 0.280. The lowest BCUT2D eigenvalue weighted by Crippen LogP contribution is -2.44. The van der Waals surface area contributed by atoms with E-state index in [1.165, 1.54) is 13.2 Å². The molecule has 1 aromatic heterocycles. The van der Waals surface area contributed by atoms with Crippen LogP contribution in [-0.2, 0) is 0 Å². The van der Waals surface area contributed by atoms with E-state index in [2.05, 4.69) is 27.1 Å². The van der Waals surface area contributed by atoms with Crippen molar-refractivity contribution >= 4 is 17.3 Å². The van der Waals surface area contributed by atoms with Crippen molar-refractivity contribution in [1.82, 2.24) is 9.88 Å². The lowest BCUT2D eigenvalue weighted by Gasteiger charge is -2.35. The normalized spacial score (nSPS) is 14.3. The minimum atomic E-state index is -0.529.